The van der Waals surface area contributed by atoms with Crippen molar-refractivity contribution in [1.29, 1.82) is 0 Å². The molecule has 1 atom stereocenters. The number of aryl methyl sites for hydroxylation is 1. The number of benzene rings is 1. The van der Waals surface area contributed by atoms with E-state index in [0.29, 0.717) is 25.1 Å². The third-order valence-electron chi connectivity index (χ3n) is 3.79. The zero-order valence-corrected chi connectivity index (χ0v) is 13.7. The van der Waals surface area contributed by atoms with Crippen molar-refractivity contribution in [3.8, 4) is 5.75 Å². The van der Waals surface area contributed by atoms with Crippen LogP contribution in [0.4, 0.5) is 0 Å². The number of fused-ring (bicyclic) bond motifs is 1. The van der Waals surface area contributed by atoms with Gasteiger partial charge in [-0.3, -0.25) is 9.48 Å². The Bertz CT molecular complexity index is 829. The molecule has 2 heterocycles. The highest BCUT2D eigenvalue weighted by molar-refractivity contribution is 7.89. The summed E-state index contributed by atoms with van der Waals surface area (Å²) in [6.45, 7) is 0.440. The molecule has 1 aromatic heterocycles. The van der Waals surface area contributed by atoms with Crippen LogP contribution in [0.5, 0.6) is 5.75 Å². The summed E-state index contributed by atoms with van der Waals surface area (Å²) in [4.78, 5) is 10.8. The Labute approximate surface area is 139 Å². The standard InChI is InChI=1S/C15H18N4O4S/c16-15(20)10-23-13-1-3-14(4-2-13)24(21,22)18-11-6-8-19-12(9-11)5-7-17-19/h1-5,7,11,18H,6,8-10H2,(H2,16,20)/t11-/m0/s1. The van der Waals surface area contributed by atoms with Crippen LogP contribution in [-0.2, 0) is 27.8 Å². The van der Waals surface area contributed by atoms with Gasteiger partial charge < -0.3 is 10.5 Å². The van der Waals surface area contributed by atoms with Crippen molar-refractivity contribution in [3.63, 3.8) is 0 Å². The highest BCUT2D eigenvalue weighted by Gasteiger charge is 2.24. The number of rotatable bonds is 6. The maximum absolute atomic E-state index is 12.5. The van der Waals surface area contributed by atoms with Crippen LogP contribution < -0.4 is 15.2 Å². The molecule has 8 nitrogen and oxygen atoms in total. The molecule has 0 bridgehead atoms. The summed E-state index contributed by atoms with van der Waals surface area (Å²) >= 11 is 0. The Morgan fingerprint density at radius 1 is 1.33 bits per heavy atom. The number of nitrogens with zero attached hydrogens (tertiary/aromatic N) is 2. The lowest BCUT2D eigenvalue weighted by Crippen LogP contribution is -2.40. The molecule has 1 aromatic carbocycles. The van der Waals surface area contributed by atoms with E-state index in [1.165, 1.54) is 24.3 Å². The monoisotopic (exact) mass is 350 g/mol. The number of aromatic nitrogens is 2. The fourth-order valence-corrected chi connectivity index (χ4v) is 3.90. The molecule has 0 spiro atoms. The van der Waals surface area contributed by atoms with E-state index in [2.05, 4.69) is 9.82 Å². The van der Waals surface area contributed by atoms with Crippen molar-refractivity contribution in [2.75, 3.05) is 6.61 Å². The fourth-order valence-electron chi connectivity index (χ4n) is 2.62. The minimum Gasteiger partial charge on any atom is -0.484 e. The Kier molecular flexibility index (Phi) is 4.54. The van der Waals surface area contributed by atoms with Crippen molar-refractivity contribution >= 4 is 15.9 Å². The first-order valence-electron chi connectivity index (χ1n) is 7.48. The van der Waals surface area contributed by atoms with Gasteiger partial charge in [-0.2, -0.15) is 5.10 Å². The van der Waals surface area contributed by atoms with Crippen LogP contribution in [0.2, 0.25) is 0 Å². The summed E-state index contributed by atoms with van der Waals surface area (Å²) < 4.78 is 34.7. The van der Waals surface area contributed by atoms with Gasteiger partial charge in [0.2, 0.25) is 10.0 Å². The average Bonchev–Trinajstić information content (AvgIpc) is 3.00. The predicted molar refractivity (Wildman–Crippen MR) is 85.8 cm³/mol. The Hall–Kier alpha value is -2.39. The number of hydrogen-bond acceptors (Lipinski definition) is 5. The second-order valence-electron chi connectivity index (χ2n) is 5.58. The van der Waals surface area contributed by atoms with Crippen molar-refractivity contribution in [2.24, 2.45) is 5.73 Å². The highest BCUT2D eigenvalue weighted by Crippen LogP contribution is 2.19. The number of hydrogen-bond donors (Lipinski definition) is 2. The van der Waals surface area contributed by atoms with Crippen LogP contribution in [0.25, 0.3) is 0 Å². The van der Waals surface area contributed by atoms with Gasteiger partial charge in [-0.25, -0.2) is 13.1 Å². The Morgan fingerprint density at radius 3 is 2.79 bits per heavy atom. The Balaban J connectivity index is 1.66. The van der Waals surface area contributed by atoms with Crippen LogP contribution in [-0.4, -0.2) is 36.8 Å². The molecule has 24 heavy (non-hydrogen) atoms. The van der Waals surface area contributed by atoms with E-state index >= 15 is 0 Å². The summed E-state index contributed by atoms with van der Waals surface area (Å²) in [6.07, 6.45) is 3.02. The van der Waals surface area contributed by atoms with Gasteiger partial charge in [-0.05, 0) is 36.8 Å². The molecular weight excluding hydrogens is 332 g/mol. The highest BCUT2D eigenvalue weighted by atomic mass is 32.2. The van der Waals surface area contributed by atoms with Crippen LogP contribution in [0.15, 0.2) is 41.4 Å². The minimum absolute atomic E-state index is 0.146. The maximum Gasteiger partial charge on any atom is 0.255 e. The van der Waals surface area contributed by atoms with Gasteiger partial charge in [0.05, 0.1) is 4.90 Å². The summed E-state index contributed by atoms with van der Waals surface area (Å²) in [7, 11) is -3.62. The van der Waals surface area contributed by atoms with E-state index in [0.717, 1.165) is 5.69 Å². The van der Waals surface area contributed by atoms with Crippen LogP contribution in [0.1, 0.15) is 12.1 Å². The van der Waals surface area contributed by atoms with Gasteiger partial charge >= 0.3 is 0 Å². The van der Waals surface area contributed by atoms with Crippen LogP contribution in [0, 0.1) is 0 Å². The largest absolute Gasteiger partial charge is 0.484 e. The summed E-state index contributed by atoms with van der Waals surface area (Å²) in [5.74, 6) is -0.209. The molecule has 3 N–H and O–H groups in total. The predicted octanol–water partition coefficient (Wildman–Crippen LogP) is 0.0405. The molecule has 0 fully saturated rings. The number of amides is 1. The van der Waals surface area contributed by atoms with Crippen LogP contribution in [0.3, 0.4) is 0 Å². The molecule has 9 heteroatoms. The van der Waals surface area contributed by atoms with Gasteiger partial charge in [-0.1, -0.05) is 0 Å². The van der Waals surface area contributed by atoms with Crippen LogP contribution >= 0.6 is 0 Å². The molecule has 1 aliphatic heterocycles. The molecule has 128 valence electrons. The average molecular weight is 350 g/mol. The number of nitrogens with two attached hydrogens (primary N) is 1. The maximum atomic E-state index is 12.5. The lowest BCUT2D eigenvalue weighted by atomic mass is 10.1. The normalized spacial score (nSPS) is 17.2. The number of primary amides is 1. The van der Waals surface area contributed by atoms with E-state index < -0.39 is 15.9 Å². The molecule has 0 saturated heterocycles. The number of ether oxygens (including phenoxy) is 1. The first-order valence-corrected chi connectivity index (χ1v) is 8.96. The number of nitrogens with one attached hydrogen (secondary N) is 1. The Morgan fingerprint density at radius 2 is 2.08 bits per heavy atom. The van der Waals surface area contributed by atoms with Crippen molar-refractivity contribution in [2.45, 2.75) is 30.3 Å². The summed E-state index contributed by atoms with van der Waals surface area (Å²) in [6, 6.07) is 7.59. The third kappa shape index (κ3) is 3.74. The zero-order chi connectivity index (χ0) is 17.2. The van der Waals surface area contributed by atoms with E-state index in [1.807, 2.05) is 10.7 Å². The van der Waals surface area contributed by atoms with Gasteiger partial charge in [0.25, 0.3) is 5.91 Å². The zero-order valence-electron chi connectivity index (χ0n) is 12.9. The molecule has 0 unspecified atom stereocenters. The summed E-state index contributed by atoms with van der Waals surface area (Å²) in [5, 5.41) is 4.18. The second-order valence-corrected chi connectivity index (χ2v) is 7.30. The number of sulfonamides is 1. The topological polar surface area (TPSA) is 116 Å². The van der Waals surface area contributed by atoms with Gasteiger partial charge in [0, 0.05) is 30.9 Å². The fraction of sp³-hybridized carbons (Fsp3) is 0.333. The molecule has 0 saturated carbocycles. The van der Waals surface area contributed by atoms with Gasteiger partial charge in [0.15, 0.2) is 6.61 Å². The van der Waals surface area contributed by atoms with Crippen molar-refractivity contribution in [3.05, 3.63) is 42.2 Å². The molecule has 1 amide bonds. The second kappa shape index (κ2) is 6.62. The smallest absolute Gasteiger partial charge is 0.255 e. The molecular formula is C15H18N4O4S. The van der Waals surface area contributed by atoms with Crippen molar-refractivity contribution in [1.82, 2.24) is 14.5 Å². The first-order chi connectivity index (χ1) is 11.4. The quantitative estimate of drug-likeness (QED) is 0.763. The van der Waals surface area contributed by atoms with E-state index in [-0.39, 0.29) is 17.5 Å². The van der Waals surface area contributed by atoms with Crippen molar-refractivity contribution < 1.29 is 17.9 Å². The van der Waals surface area contributed by atoms with Gasteiger partial charge in [-0.15, -0.1) is 0 Å². The van der Waals surface area contributed by atoms with E-state index in [4.69, 9.17) is 10.5 Å². The summed E-state index contributed by atoms with van der Waals surface area (Å²) in [5.41, 5.74) is 6.01. The molecule has 3 rings (SSSR count). The first kappa shape index (κ1) is 16.5. The minimum atomic E-state index is -3.62. The molecule has 2 aromatic rings. The molecule has 1 aliphatic rings. The number of carbonyl (C=O) groups excluding carboxylic acids is 1. The lowest BCUT2D eigenvalue weighted by molar-refractivity contribution is -0.119. The van der Waals surface area contributed by atoms with E-state index in [9.17, 15) is 13.2 Å². The van der Waals surface area contributed by atoms with E-state index in [1.54, 1.807) is 6.20 Å². The third-order valence-corrected chi connectivity index (χ3v) is 5.32. The van der Waals surface area contributed by atoms with Gasteiger partial charge in [0.1, 0.15) is 5.75 Å². The molecule has 0 radical (unpaired) electrons. The molecule has 0 aliphatic carbocycles. The lowest BCUT2D eigenvalue weighted by Gasteiger charge is -2.24. The SMILES string of the molecule is NC(=O)COc1ccc(S(=O)(=O)N[C@H]2CCn3nccc3C2)cc1. The number of carbonyl (C=O) groups is 1.